The number of carbonyl (C=O) groups excluding carboxylic acids is 2. The first-order valence-electron chi connectivity index (χ1n) is 1.95. The smallest absolute Gasteiger partial charge is 0.323 e. The number of Topliss-reactive ketones (excluding diaryl/α,β-unsaturated/α-hetero) is 1. The van der Waals surface area contributed by atoms with Crippen molar-refractivity contribution in [1.82, 2.24) is 0 Å². The van der Waals surface area contributed by atoms with E-state index in [1.165, 1.54) is 29.1 Å². The van der Waals surface area contributed by atoms with Crippen LogP contribution < -0.4 is 0 Å². The van der Waals surface area contributed by atoms with Gasteiger partial charge in [-0.2, -0.15) is 5.26 Å². The summed E-state index contributed by atoms with van der Waals surface area (Å²) in [6, 6.07) is 1.29. The molecule has 0 spiro atoms. The van der Waals surface area contributed by atoms with E-state index in [0.29, 0.717) is 0 Å². The van der Waals surface area contributed by atoms with Crippen LogP contribution in [0.25, 0.3) is 0 Å². The number of nitrogens with zero attached hydrogens (tertiary/aromatic N) is 1. The Morgan fingerprint density at radius 1 is 1.67 bits per heavy atom. The lowest BCUT2D eigenvalue weighted by molar-refractivity contribution is -0.134. The van der Waals surface area contributed by atoms with E-state index in [9.17, 15) is 9.59 Å². The maximum atomic E-state index is 10.2. The van der Waals surface area contributed by atoms with E-state index in [1.807, 2.05) is 0 Å². The molecule has 0 saturated carbocycles. The highest BCUT2D eigenvalue weighted by molar-refractivity contribution is 14.1. The Hall–Kier alpha value is -0.640. The Kier molecular flexibility index (Phi) is 3.96. The van der Waals surface area contributed by atoms with Crippen LogP contribution in [0.15, 0.2) is 0 Å². The van der Waals surface area contributed by atoms with Gasteiger partial charge >= 0.3 is 5.97 Å². The van der Waals surface area contributed by atoms with Crippen LogP contribution in [0.5, 0.6) is 0 Å². The molecule has 9 heavy (non-hydrogen) atoms. The van der Waals surface area contributed by atoms with Crippen molar-refractivity contribution in [3.8, 4) is 6.07 Å². The summed E-state index contributed by atoms with van der Waals surface area (Å²) in [6.07, 6.45) is -0.459. The van der Waals surface area contributed by atoms with Gasteiger partial charge in [0.15, 0.2) is 23.0 Å². The Balaban J connectivity index is 3.64. The van der Waals surface area contributed by atoms with Crippen LogP contribution in [-0.4, -0.2) is 11.8 Å². The summed E-state index contributed by atoms with van der Waals surface area (Å²) in [5, 5.41) is 7.87. The normalized spacial score (nSPS) is 7.56. The van der Waals surface area contributed by atoms with Crippen molar-refractivity contribution in [3.05, 3.63) is 0 Å². The van der Waals surface area contributed by atoms with Gasteiger partial charge in [-0.05, 0) is 0 Å². The molecule has 5 heteroatoms. The molecule has 0 heterocycles. The monoisotopic (exact) mass is 239 g/mol. The molecule has 0 saturated heterocycles. The van der Waals surface area contributed by atoms with Crippen LogP contribution in [0.1, 0.15) is 6.42 Å². The maximum Gasteiger partial charge on any atom is 0.323 e. The molecule has 0 aliphatic heterocycles. The molecule has 0 amide bonds. The fourth-order valence-corrected chi connectivity index (χ4v) is 0.354. The Bertz CT molecular complexity index is 171. The van der Waals surface area contributed by atoms with Crippen LogP contribution in [0.4, 0.5) is 0 Å². The zero-order chi connectivity index (χ0) is 7.28. The Morgan fingerprint density at radius 3 is 2.56 bits per heavy atom. The summed E-state index contributed by atoms with van der Waals surface area (Å²) in [5.41, 5.74) is 0. The second-order valence-electron chi connectivity index (χ2n) is 1.16. The number of rotatable bonds is 2. The van der Waals surface area contributed by atoms with Crippen molar-refractivity contribution < 1.29 is 12.7 Å². The molecule has 4 nitrogen and oxygen atoms in total. The van der Waals surface area contributed by atoms with Crippen molar-refractivity contribution in [2.45, 2.75) is 6.42 Å². The van der Waals surface area contributed by atoms with Crippen LogP contribution in [0, 0.1) is 11.3 Å². The third-order valence-electron chi connectivity index (χ3n) is 0.516. The highest BCUT2D eigenvalue weighted by Crippen LogP contribution is 1.92. The van der Waals surface area contributed by atoms with E-state index >= 15 is 0 Å². The van der Waals surface area contributed by atoms with Crippen molar-refractivity contribution >= 4 is 34.8 Å². The molecule has 0 aromatic carbocycles. The molecule has 0 rings (SSSR count). The summed E-state index contributed by atoms with van der Waals surface area (Å²) >= 11 is 1.35. The van der Waals surface area contributed by atoms with Gasteiger partial charge < -0.3 is 3.07 Å². The molecular formula is C4H2INO3. The molecular weight excluding hydrogens is 237 g/mol. The predicted molar refractivity (Wildman–Crippen MR) is 35.3 cm³/mol. The molecule has 0 fully saturated rings. The van der Waals surface area contributed by atoms with E-state index in [1.54, 1.807) is 0 Å². The first-order chi connectivity index (χ1) is 4.20. The number of halogens is 1. The molecule has 0 aliphatic rings. The van der Waals surface area contributed by atoms with Gasteiger partial charge in [0.05, 0.1) is 0 Å². The van der Waals surface area contributed by atoms with Crippen LogP contribution in [0.3, 0.4) is 0 Å². The Labute approximate surface area is 65.5 Å². The molecule has 0 aromatic heterocycles. The summed E-state index contributed by atoms with van der Waals surface area (Å²) in [7, 11) is 0. The largest absolute Gasteiger partial charge is 0.394 e. The van der Waals surface area contributed by atoms with E-state index < -0.39 is 18.2 Å². The third-order valence-corrected chi connectivity index (χ3v) is 1.01. The molecule has 0 radical (unpaired) electrons. The first-order valence-corrected chi connectivity index (χ1v) is 2.83. The topological polar surface area (TPSA) is 67.2 Å². The maximum absolute atomic E-state index is 10.2. The molecule has 0 aliphatic carbocycles. The highest BCUT2D eigenvalue weighted by Gasteiger charge is 2.07. The van der Waals surface area contributed by atoms with E-state index in [-0.39, 0.29) is 0 Å². The quantitative estimate of drug-likeness (QED) is 0.396. The minimum absolute atomic E-state index is 0.459. The molecule has 48 valence electrons. The van der Waals surface area contributed by atoms with Gasteiger partial charge in [-0.15, -0.1) is 0 Å². The second kappa shape index (κ2) is 4.26. The summed E-state index contributed by atoms with van der Waals surface area (Å²) in [5.74, 6) is -1.47. The molecule has 0 aromatic rings. The molecule has 0 bridgehead atoms. The average molecular weight is 239 g/mol. The molecule has 0 unspecified atom stereocenters. The summed E-state index contributed by atoms with van der Waals surface area (Å²) in [6.45, 7) is 0. The minimum atomic E-state index is -0.781. The van der Waals surface area contributed by atoms with Crippen molar-refractivity contribution in [3.63, 3.8) is 0 Å². The van der Waals surface area contributed by atoms with Crippen molar-refractivity contribution in [2.24, 2.45) is 0 Å². The molecule has 0 atom stereocenters. The average Bonchev–Trinajstić information content (AvgIpc) is 1.87. The van der Waals surface area contributed by atoms with E-state index in [2.05, 4.69) is 3.07 Å². The standard InChI is InChI=1S/C4H2INO3/c5-9-4(8)1-3(7)2-6/h1H2. The van der Waals surface area contributed by atoms with Crippen molar-refractivity contribution in [1.29, 1.82) is 5.26 Å². The lowest BCUT2D eigenvalue weighted by atomic mass is 10.3. The molecule has 0 N–H and O–H groups in total. The lowest BCUT2D eigenvalue weighted by Crippen LogP contribution is -2.04. The zero-order valence-electron chi connectivity index (χ0n) is 4.26. The van der Waals surface area contributed by atoms with Crippen molar-refractivity contribution in [2.75, 3.05) is 0 Å². The second-order valence-corrected chi connectivity index (χ2v) is 1.60. The Morgan fingerprint density at radius 2 is 2.22 bits per heavy atom. The number of ketones is 1. The van der Waals surface area contributed by atoms with Gasteiger partial charge in [0.2, 0.25) is 5.78 Å². The van der Waals surface area contributed by atoms with Gasteiger partial charge in [-0.3, -0.25) is 9.59 Å². The lowest BCUT2D eigenvalue weighted by Gasteiger charge is -1.86. The van der Waals surface area contributed by atoms with Gasteiger partial charge in [0.1, 0.15) is 12.5 Å². The summed E-state index contributed by atoms with van der Waals surface area (Å²) < 4.78 is 4.08. The summed E-state index contributed by atoms with van der Waals surface area (Å²) in [4.78, 5) is 20.3. The minimum Gasteiger partial charge on any atom is -0.394 e. The third kappa shape index (κ3) is 3.90. The zero-order valence-corrected chi connectivity index (χ0v) is 6.41. The number of hydrogen-bond acceptors (Lipinski definition) is 4. The van der Waals surface area contributed by atoms with Gasteiger partial charge in [-0.25, -0.2) is 0 Å². The highest BCUT2D eigenvalue weighted by atomic mass is 127. The van der Waals surface area contributed by atoms with Crippen LogP contribution in [-0.2, 0) is 12.7 Å². The van der Waals surface area contributed by atoms with Gasteiger partial charge in [-0.1, -0.05) is 0 Å². The fourth-order valence-electron chi connectivity index (χ4n) is 0.198. The first kappa shape index (κ1) is 8.36. The van der Waals surface area contributed by atoms with Crippen LogP contribution in [0.2, 0.25) is 0 Å². The SMILES string of the molecule is N#CC(=O)CC(=O)OI. The van der Waals surface area contributed by atoms with Gasteiger partial charge in [0, 0.05) is 0 Å². The van der Waals surface area contributed by atoms with E-state index in [4.69, 9.17) is 5.26 Å². The van der Waals surface area contributed by atoms with E-state index in [0.717, 1.165) is 0 Å². The van der Waals surface area contributed by atoms with Gasteiger partial charge in [0.25, 0.3) is 0 Å². The fraction of sp³-hybridized carbons (Fsp3) is 0.250. The number of nitriles is 1. The van der Waals surface area contributed by atoms with Crippen LogP contribution >= 0.6 is 23.0 Å². The predicted octanol–water partition coefficient (Wildman–Crippen LogP) is 0.362. The number of hydrogen-bond donors (Lipinski definition) is 0. The number of carbonyl (C=O) groups is 2.